The van der Waals surface area contributed by atoms with Gasteiger partial charge in [-0.3, -0.25) is 4.79 Å². The molecule has 0 radical (unpaired) electrons. The third-order valence-corrected chi connectivity index (χ3v) is 5.36. The van der Waals surface area contributed by atoms with Gasteiger partial charge in [-0.05, 0) is 26.0 Å². The first kappa shape index (κ1) is 17.2. The van der Waals surface area contributed by atoms with E-state index >= 15 is 0 Å². The molecule has 0 aliphatic carbocycles. The first-order chi connectivity index (χ1) is 10.5. The predicted molar refractivity (Wildman–Crippen MR) is 76.7 cm³/mol. The van der Waals surface area contributed by atoms with Crippen LogP contribution < -0.4 is 0 Å². The molecule has 0 fully saturated rings. The average molecular weight is 347 g/mol. The summed E-state index contributed by atoms with van der Waals surface area (Å²) in [5.74, 6) is -4.64. The molecule has 1 atom stereocenters. The molecule has 23 heavy (non-hydrogen) atoms. The molecule has 0 aromatic heterocycles. The van der Waals surface area contributed by atoms with Crippen LogP contribution in [0.4, 0.5) is 8.78 Å². The monoisotopic (exact) mass is 347 g/mol. The van der Waals surface area contributed by atoms with Crippen LogP contribution in [0.2, 0.25) is 0 Å². The minimum atomic E-state index is -3.80. The first-order valence-corrected chi connectivity index (χ1v) is 8.24. The van der Waals surface area contributed by atoms with Crippen molar-refractivity contribution in [1.29, 1.82) is 0 Å². The number of hydrogen-bond acceptors (Lipinski definition) is 5. The maximum atomic E-state index is 13.4. The fourth-order valence-corrected chi connectivity index (χ4v) is 2.93. The molecule has 0 saturated carbocycles. The minimum absolute atomic E-state index is 0.177. The molecule has 1 aromatic carbocycles. The number of ketones is 1. The standard InChI is InChI=1S/C14H15F2NO5S/c1-4-23(20,21)17(3)13-11(18)12(19)14(2,22-13)8-5-9(15)7-10(16)6-8/h5-7,18H,4H2,1-3H3. The summed E-state index contributed by atoms with van der Waals surface area (Å²) in [7, 11) is -2.69. The predicted octanol–water partition coefficient (Wildman–Crippen LogP) is 1.79. The Morgan fingerprint density at radius 2 is 1.78 bits per heavy atom. The van der Waals surface area contributed by atoms with Crippen LogP contribution in [0.15, 0.2) is 29.8 Å². The summed E-state index contributed by atoms with van der Waals surface area (Å²) < 4.78 is 56.4. The van der Waals surface area contributed by atoms with E-state index in [-0.39, 0.29) is 11.3 Å². The molecule has 126 valence electrons. The number of ether oxygens (including phenoxy) is 1. The van der Waals surface area contributed by atoms with E-state index in [2.05, 4.69) is 0 Å². The zero-order valence-corrected chi connectivity index (χ0v) is 13.4. The molecule has 0 saturated heterocycles. The van der Waals surface area contributed by atoms with Crippen LogP contribution in [-0.2, 0) is 25.2 Å². The lowest BCUT2D eigenvalue weighted by atomic mass is 9.91. The highest BCUT2D eigenvalue weighted by molar-refractivity contribution is 7.89. The number of aliphatic hydroxyl groups is 1. The highest BCUT2D eigenvalue weighted by Crippen LogP contribution is 2.39. The molecule has 1 aromatic rings. The fourth-order valence-electron chi connectivity index (χ4n) is 2.16. The van der Waals surface area contributed by atoms with E-state index < -0.39 is 44.7 Å². The Kier molecular flexibility index (Phi) is 4.10. The number of carbonyl (C=O) groups excluding carboxylic acids is 1. The van der Waals surface area contributed by atoms with E-state index in [9.17, 15) is 27.1 Å². The van der Waals surface area contributed by atoms with Gasteiger partial charge in [-0.2, -0.15) is 0 Å². The third kappa shape index (κ3) is 2.76. The third-order valence-electron chi connectivity index (χ3n) is 3.63. The summed E-state index contributed by atoms with van der Waals surface area (Å²) in [4.78, 5) is 12.3. The summed E-state index contributed by atoms with van der Waals surface area (Å²) in [6.07, 6.45) is 0. The van der Waals surface area contributed by atoms with E-state index in [1.54, 1.807) is 0 Å². The summed E-state index contributed by atoms with van der Waals surface area (Å²) in [6, 6.07) is 2.38. The van der Waals surface area contributed by atoms with Crippen LogP contribution in [0.1, 0.15) is 19.4 Å². The van der Waals surface area contributed by atoms with Crippen molar-refractivity contribution < 1.29 is 31.8 Å². The minimum Gasteiger partial charge on any atom is -0.501 e. The molecular weight excluding hydrogens is 332 g/mol. The number of aliphatic hydroxyl groups excluding tert-OH is 1. The van der Waals surface area contributed by atoms with Crippen molar-refractivity contribution in [2.75, 3.05) is 12.8 Å². The SMILES string of the molecule is CCS(=O)(=O)N(C)C1=C(O)C(=O)C(C)(c2cc(F)cc(F)c2)O1. The fraction of sp³-hybridized carbons (Fsp3) is 0.357. The van der Waals surface area contributed by atoms with Crippen LogP contribution in [0.3, 0.4) is 0 Å². The summed E-state index contributed by atoms with van der Waals surface area (Å²) in [5, 5.41) is 9.93. The van der Waals surface area contributed by atoms with Crippen molar-refractivity contribution in [3.05, 3.63) is 47.0 Å². The van der Waals surface area contributed by atoms with Crippen LogP contribution in [-0.4, -0.2) is 36.4 Å². The van der Waals surface area contributed by atoms with E-state index in [0.717, 1.165) is 19.2 Å². The molecule has 9 heteroatoms. The zero-order chi connectivity index (χ0) is 17.6. The molecule has 1 aliphatic heterocycles. The van der Waals surface area contributed by atoms with Gasteiger partial charge in [-0.15, -0.1) is 0 Å². The Hall–Kier alpha value is -2.16. The van der Waals surface area contributed by atoms with Crippen molar-refractivity contribution in [3.63, 3.8) is 0 Å². The number of sulfonamides is 1. The highest BCUT2D eigenvalue weighted by Gasteiger charge is 2.50. The van der Waals surface area contributed by atoms with Gasteiger partial charge in [0.05, 0.1) is 5.75 Å². The number of rotatable bonds is 4. The van der Waals surface area contributed by atoms with Gasteiger partial charge in [-0.25, -0.2) is 21.5 Å². The number of nitrogens with zero attached hydrogens (tertiary/aromatic N) is 1. The molecule has 0 spiro atoms. The summed E-state index contributed by atoms with van der Waals surface area (Å²) in [6.45, 7) is 2.57. The highest BCUT2D eigenvalue weighted by atomic mass is 32.2. The van der Waals surface area contributed by atoms with E-state index in [0.29, 0.717) is 10.4 Å². The van der Waals surface area contributed by atoms with Crippen molar-refractivity contribution in [2.24, 2.45) is 0 Å². The molecule has 2 rings (SSSR count). The number of halogens is 2. The van der Waals surface area contributed by atoms with Gasteiger partial charge < -0.3 is 9.84 Å². The molecular formula is C14H15F2NO5S. The molecule has 1 aliphatic rings. The molecule has 6 nitrogen and oxygen atoms in total. The number of carbonyl (C=O) groups is 1. The Bertz CT molecular complexity index is 785. The maximum absolute atomic E-state index is 13.4. The van der Waals surface area contributed by atoms with Crippen LogP contribution in [0.5, 0.6) is 0 Å². The molecule has 0 amide bonds. The normalized spacial score (nSPS) is 21.5. The van der Waals surface area contributed by atoms with Gasteiger partial charge in [0.15, 0.2) is 5.60 Å². The van der Waals surface area contributed by atoms with Crippen LogP contribution >= 0.6 is 0 Å². The van der Waals surface area contributed by atoms with Gasteiger partial charge in [0.2, 0.25) is 15.8 Å². The lowest BCUT2D eigenvalue weighted by Gasteiger charge is -2.26. The Morgan fingerprint density at radius 3 is 2.26 bits per heavy atom. The van der Waals surface area contributed by atoms with Crippen molar-refractivity contribution >= 4 is 15.8 Å². The molecule has 1 N–H and O–H groups in total. The van der Waals surface area contributed by atoms with Crippen molar-refractivity contribution in [2.45, 2.75) is 19.4 Å². The Morgan fingerprint density at radius 1 is 1.26 bits per heavy atom. The average Bonchev–Trinajstić information content (AvgIpc) is 2.71. The second-order valence-corrected chi connectivity index (χ2v) is 7.43. The quantitative estimate of drug-likeness (QED) is 0.898. The smallest absolute Gasteiger partial charge is 0.251 e. The Labute approximate surface area is 132 Å². The zero-order valence-electron chi connectivity index (χ0n) is 12.6. The summed E-state index contributed by atoms with van der Waals surface area (Å²) in [5.41, 5.74) is -2.11. The van der Waals surface area contributed by atoms with E-state index in [4.69, 9.17) is 4.74 Å². The maximum Gasteiger partial charge on any atom is 0.251 e. The second-order valence-electron chi connectivity index (χ2n) is 5.14. The van der Waals surface area contributed by atoms with Crippen LogP contribution in [0, 0.1) is 11.6 Å². The lowest BCUT2D eigenvalue weighted by molar-refractivity contribution is -0.132. The summed E-state index contributed by atoms with van der Waals surface area (Å²) >= 11 is 0. The Balaban J connectivity index is 2.49. The molecule has 0 bridgehead atoms. The van der Waals surface area contributed by atoms with Gasteiger partial charge in [-0.1, -0.05) is 0 Å². The molecule has 1 unspecified atom stereocenters. The second kappa shape index (κ2) is 5.48. The lowest BCUT2D eigenvalue weighted by Crippen LogP contribution is -2.33. The van der Waals surface area contributed by atoms with Crippen molar-refractivity contribution in [1.82, 2.24) is 4.31 Å². The van der Waals surface area contributed by atoms with Gasteiger partial charge in [0.25, 0.3) is 11.7 Å². The number of Topliss-reactive ketones (excluding diaryl/α,β-unsaturated/α-hetero) is 1. The van der Waals surface area contributed by atoms with E-state index in [1.807, 2.05) is 0 Å². The van der Waals surface area contributed by atoms with Crippen molar-refractivity contribution in [3.8, 4) is 0 Å². The van der Waals surface area contributed by atoms with Gasteiger partial charge in [0.1, 0.15) is 11.6 Å². The number of benzene rings is 1. The number of hydrogen-bond donors (Lipinski definition) is 1. The largest absolute Gasteiger partial charge is 0.501 e. The molecule has 1 heterocycles. The first-order valence-electron chi connectivity index (χ1n) is 6.63. The topological polar surface area (TPSA) is 83.9 Å². The van der Waals surface area contributed by atoms with E-state index in [1.165, 1.54) is 13.8 Å². The van der Waals surface area contributed by atoms with Crippen LogP contribution in [0.25, 0.3) is 0 Å². The van der Waals surface area contributed by atoms with Gasteiger partial charge in [0, 0.05) is 18.7 Å². The van der Waals surface area contributed by atoms with Gasteiger partial charge >= 0.3 is 0 Å².